The molecular weight excluding hydrogens is 412 g/mol. The molecule has 0 saturated carbocycles. The molecule has 0 spiro atoms. The minimum absolute atomic E-state index is 0.141. The van der Waals surface area contributed by atoms with Crippen LogP contribution in [0.15, 0.2) is 35.5 Å². The van der Waals surface area contributed by atoms with Crippen molar-refractivity contribution in [3.8, 4) is 5.95 Å². The Balaban J connectivity index is 1.69. The van der Waals surface area contributed by atoms with Gasteiger partial charge < -0.3 is 19.3 Å². The van der Waals surface area contributed by atoms with E-state index in [2.05, 4.69) is 41.0 Å². The molecule has 31 heavy (non-hydrogen) atoms. The number of nitrogens with zero attached hydrogens (tertiary/aromatic N) is 6. The maximum atomic E-state index is 5.89. The van der Waals surface area contributed by atoms with Crippen LogP contribution in [0.3, 0.4) is 0 Å². The predicted molar refractivity (Wildman–Crippen MR) is 124 cm³/mol. The zero-order valence-corrected chi connectivity index (χ0v) is 19.0. The van der Waals surface area contributed by atoms with Gasteiger partial charge in [0.05, 0.1) is 47.9 Å². The first-order chi connectivity index (χ1) is 15.2. The van der Waals surface area contributed by atoms with Gasteiger partial charge in [-0.1, -0.05) is 12.1 Å². The molecule has 4 heterocycles. The molecule has 9 heteroatoms. The number of thioether (sulfide) groups is 1. The fourth-order valence-electron chi connectivity index (χ4n) is 4.24. The summed E-state index contributed by atoms with van der Waals surface area (Å²) in [6, 6.07) is 8.31. The summed E-state index contributed by atoms with van der Waals surface area (Å²) in [7, 11) is 0. The van der Waals surface area contributed by atoms with Crippen molar-refractivity contribution < 1.29 is 9.47 Å². The highest BCUT2D eigenvalue weighted by Gasteiger charge is 2.31. The second-order valence-corrected chi connectivity index (χ2v) is 8.73. The Morgan fingerprint density at radius 3 is 2.58 bits per heavy atom. The van der Waals surface area contributed by atoms with Gasteiger partial charge in [0.25, 0.3) is 0 Å². The SMILES string of the molecule is CSc1c(N2CCOCC2)nc(-n2cnc3ccccc32)nc1N1CCO[C@@H](C)[C@@H]1C. The summed E-state index contributed by atoms with van der Waals surface area (Å²) in [6.07, 6.45) is 4.06. The van der Waals surface area contributed by atoms with Gasteiger partial charge in [0, 0.05) is 19.6 Å². The van der Waals surface area contributed by atoms with E-state index in [1.54, 1.807) is 11.8 Å². The first-order valence-corrected chi connectivity index (χ1v) is 12.0. The summed E-state index contributed by atoms with van der Waals surface area (Å²) < 4.78 is 13.5. The minimum atomic E-state index is 0.141. The second-order valence-electron chi connectivity index (χ2n) is 7.92. The van der Waals surface area contributed by atoms with Gasteiger partial charge in [0.1, 0.15) is 12.1 Å². The number of hydrogen-bond donors (Lipinski definition) is 0. The highest BCUT2D eigenvalue weighted by Crippen LogP contribution is 2.38. The summed E-state index contributed by atoms with van der Waals surface area (Å²) >= 11 is 1.71. The second kappa shape index (κ2) is 8.64. The van der Waals surface area contributed by atoms with E-state index < -0.39 is 0 Å². The van der Waals surface area contributed by atoms with Crippen molar-refractivity contribution in [3.05, 3.63) is 30.6 Å². The lowest BCUT2D eigenvalue weighted by Gasteiger charge is -2.40. The molecule has 1 aromatic carbocycles. The Morgan fingerprint density at radius 1 is 1.00 bits per heavy atom. The third-order valence-corrected chi connectivity index (χ3v) is 6.93. The van der Waals surface area contributed by atoms with Crippen molar-refractivity contribution in [1.29, 1.82) is 0 Å². The van der Waals surface area contributed by atoms with Gasteiger partial charge in [-0.2, -0.15) is 9.97 Å². The van der Waals surface area contributed by atoms with E-state index in [1.165, 1.54) is 0 Å². The molecule has 0 aliphatic carbocycles. The van der Waals surface area contributed by atoms with Crippen LogP contribution in [0.1, 0.15) is 13.8 Å². The first-order valence-electron chi connectivity index (χ1n) is 10.8. The number of aromatic nitrogens is 4. The Bertz CT molecular complexity index is 1070. The molecule has 5 rings (SSSR count). The topological polar surface area (TPSA) is 68.5 Å². The summed E-state index contributed by atoms with van der Waals surface area (Å²) in [5.41, 5.74) is 1.93. The van der Waals surface area contributed by atoms with Gasteiger partial charge in [-0.15, -0.1) is 11.8 Å². The Morgan fingerprint density at radius 2 is 1.77 bits per heavy atom. The van der Waals surface area contributed by atoms with E-state index >= 15 is 0 Å². The molecular formula is C22H28N6O2S. The highest BCUT2D eigenvalue weighted by atomic mass is 32.2. The normalized spacial score (nSPS) is 22.3. The predicted octanol–water partition coefficient (Wildman–Crippen LogP) is 2.99. The molecule has 2 aliphatic heterocycles. The van der Waals surface area contributed by atoms with Crippen LogP contribution in [0.4, 0.5) is 11.6 Å². The van der Waals surface area contributed by atoms with Crippen molar-refractivity contribution in [2.24, 2.45) is 0 Å². The molecule has 2 atom stereocenters. The largest absolute Gasteiger partial charge is 0.378 e. The van der Waals surface area contributed by atoms with Crippen LogP contribution in [0.25, 0.3) is 17.0 Å². The molecule has 2 aliphatic rings. The van der Waals surface area contributed by atoms with Gasteiger partial charge >= 0.3 is 0 Å². The fraction of sp³-hybridized carbons (Fsp3) is 0.500. The maximum absolute atomic E-state index is 5.89. The quantitative estimate of drug-likeness (QED) is 0.574. The number of morpholine rings is 2. The third kappa shape index (κ3) is 3.75. The van der Waals surface area contributed by atoms with E-state index in [0.717, 1.165) is 47.2 Å². The van der Waals surface area contributed by atoms with Gasteiger partial charge in [-0.25, -0.2) is 4.98 Å². The molecule has 0 unspecified atom stereocenters. The number of fused-ring (bicyclic) bond motifs is 1. The van der Waals surface area contributed by atoms with Crippen molar-refractivity contribution in [2.45, 2.75) is 30.9 Å². The third-order valence-electron chi connectivity index (χ3n) is 6.16. The smallest absolute Gasteiger partial charge is 0.239 e. The zero-order valence-electron chi connectivity index (χ0n) is 18.2. The van der Waals surface area contributed by atoms with E-state index in [1.807, 2.05) is 29.1 Å². The van der Waals surface area contributed by atoms with Gasteiger partial charge in [-0.05, 0) is 32.2 Å². The Kier molecular flexibility index (Phi) is 5.73. The first kappa shape index (κ1) is 20.5. The van der Waals surface area contributed by atoms with Gasteiger partial charge in [-0.3, -0.25) is 4.57 Å². The monoisotopic (exact) mass is 440 g/mol. The lowest BCUT2D eigenvalue weighted by atomic mass is 10.1. The van der Waals surface area contributed by atoms with Crippen molar-refractivity contribution in [1.82, 2.24) is 19.5 Å². The molecule has 2 saturated heterocycles. The van der Waals surface area contributed by atoms with Crippen molar-refractivity contribution >= 4 is 34.4 Å². The van der Waals surface area contributed by atoms with Crippen LogP contribution in [-0.2, 0) is 9.47 Å². The highest BCUT2D eigenvalue weighted by molar-refractivity contribution is 7.99. The van der Waals surface area contributed by atoms with Crippen LogP contribution in [-0.4, -0.2) is 77.4 Å². The fourth-order valence-corrected chi connectivity index (χ4v) is 4.94. The summed E-state index contributed by atoms with van der Waals surface area (Å²) in [5, 5.41) is 0. The lowest BCUT2D eigenvalue weighted by Crippen LogP contribution is -2.49. The standard InChI is InChI=1S/C22H28N6O2S/c1-15-16(2)30-13-10-27(15)21-19(31-3)20(26-8-11-29-12-9-26)24-22(25-21)28-14-23-17-6-4-5-7-18(17)28/h4-7,14-16H,8-13H2,1-3H3/t15-,16-/m0/s1. The average molecular weight is 441 g/mol. The lowest BCUT2D eigenvalue weighted by molar-refractivity contribution is 0.0279. The summed E-state index contributed by atoms with van der Waals surface area (Å²) in [4.78, 5) is 20.5. The molecule has 0 amide bonds. The average Bonchev–Trinajstić information content (AvgIpc) is 3.25. The molecule has 3 aromatic rings. The van der Waals surface area contributed by atoms with Crippen molar-refractivity contribution in [3.63, 3.8) is 0 Å². The molecule has 2 fully saturated rings. The van der Waals surface area contributed by atoms with Gasteiger partial charge in [0.2, 0.25) is 5.95 Å². The summed E-state index contributed by atoms with van der Waals surface area (Å²) in [5.74, 6) is 2.59. The molecule has 0 bridgehead atoms. The van der Waals surface area contributed by atoms with Gasteiger partial charge in [0.15, 0.2) is 5.82 Å². The van der Waals surface area contributed by atoms with E-state index in [4.69, 9.17) is 19.4 Å². The number of rotatable bonds is 4. The minimum Gasteiger partial charge on any atom is -0.378 e. The molecule has 0 radical (unpaired) electrons. The van der Waals surface area contributed by atoms with E-state index in [0.29, 0.717) is 25.8 Å². The molecule has 8 nitrogen and oxygen atoms in total. The number of imidazole rings is 1. The van der Waals surface area contributed by atoms with E-state index in [-0.39, 0.29) is 12.1 Å². The summed E-state index contributed by atoms with van der Waals surface area (Å²) in [6.45, 7) is 8.90. The van der Waals surface area contributed by atoms with E-state index in [9.17, 15) is 0 Å². The molecule has 0 N–H and O–H groups in total. The zero-order chi connectivity index (χ0) is 21.4. The number of hydrogen-bond acceptors (Lipinski definition) is 8. The number of para-hydroxylation sites is 2. The van der Waals surface area contributed by atoms with Crippen LogP contribution >= 0.6 is 11.8 Å². The van der Waals surface area contributed by atoms with Crippen LogP contribution in [0.2, 0.25) is 0 Å². The molecule has 2 aromatic heterocycles. The number of anilines is 2. The Labute approximate surface area is 186 Å². The maximum Gasteiger partial charge on any atom is 0.239 e. The Hall–Kier alpha value is -2.36. The number of benzene rings is 1. The van der Waals surface area contributed by atoms with Crippen LogP contribution < -0.4 is 9.80 Å². The number of ether oxygens (including phenoxy) is 2. The van der Waals surface area contributed by atoms with Crippen LogP contribution in [0.5, 0.6) is 0 Å². The van der Waals surface area contributed by atoms with Crippen molar-refractivity contribution in [2.75, 3.05) is 55.5 Å². The molecule has 164 valence electrons. The van der Waals surface area contributed by atoms with Crippen LogP contribution in [0, 0.1) is 0 Å².